The minimum absolute atomic E-state index is 0.0141. The topological polar surface area (TPSA) is 116 Å². The highest BCUT2D eigenvalue weighted by Crippen LogP contribution is 2.31. The van der Waals surface area contributed by atoms with Gasteiger partial charge in [0.25, 0.3) is 5.56 Å². The third kappa shape index (κ3) is 4.41. The maximum absolute atomic E-state index is 13.1. The number of hydrogen-bond donors (Lipinski definition) is 4. The summed E-state index contributed by atoms with van der Waals surface area (Å²) >= 11 is 6.17. The number of rotatable bonds is 4. The summed E-state index contributed by atoms with van der Waals surface area (Å²) in [6, 6.07) is 10.6. The molecule has 0 radical (unpaired) electrons. The molecule has 2 amide bonds. The number of benzene rings is 2. The van der Waals surface area contributed by atoms with Crippen LogP contribution in [0.5, 0.6) is 0 Å². The van der Waals surface area contributed by atoms with E-state index < -0.39 is 29.1 Å². The molecule has 4 rings (SSSR count). The van der Waals surface area contributed by atoms with Crippen molar-refractivity contribution >= 4 is 46.6 Å². The summed E-state index contributed by atoms with van der Waals surface area (Å²) in [6.45, 7) is 1.86. The van der Waals surface area contributed by atoms with Crippen molar-refractivity contribution in [2.45, 2.75) is 19.3 Å². The van der Waals surface area contributed by atoms with Crippen molar-refractivity contribution in [2.75, 3.05) is 16.0 Å². The summed E-state index contributed by atoms with van der Waals surface area (Å²) < 4.78 is 13.1. The number of nitrogens with one attached hydrogen (secondary N) is 4. The van der Waals surface area contributed by atoms with E-state index in [1.165, 1.54) is 24.3 Å². The normalized spacial score (nSPS) is 15.1. The maximum atomic E-state index is 13.1. The molecule has 4 N–H and O–H groups in total. The second-order valence-corrected chi connectivity index (χ2v) is 7.49. The molecule has 3 aromatic rings. The maximum Gasteiger partial charge on any atom is 0.258 e. The van der Waals surface area contributed by atoms with E-state index in [9.17, 15) is 18.8 Å². The summed E-state index contributed by atoms with van der Waals surface area (Å²) in [5.41, 5.74) is 1.25. The van der Waals surface area contributed by atoms with E-state index in [2.05, 4.69) is 25.9 Å². The largest absolute Gasteiger partial charge is 0.326 e. The number of fused-ring (bicyclic) bond motifs is 1. The highest BCUT2D eigenvalue weighted by atomic mass is 35.5. The van der Waals surface area contributed by atoms with Crippen LogP contribution >= 0.6 is 11.6 Å². The van der Waals surface area contributed by atoms with Gasteiger partial charge in [-0.05, 0) is 48.9 Å². The second-order valence-electron chi connectivity index (χ2n) is 7.09. The lowest BCUT2D eigenvalue weighted by molar-refractivity contribution is -0.123. The molecule has 0 saturated heterocycles. The van der Waals surface area contributed by atoms with Gasteiger partial charge in [0.1, 0.15) is 11.6 Å². The molecule has 1 atom stereocenters. The Kier molecular flexibility index (Phi) is 5.43. The Balaban J connectivity index is 1.64. The first-order valence-corrected chi connectivity index (χ1v) is 9.71. The standard InChI is InChI=1S/C21H17ClFN5O3/c1-10-2-7-15(14(22)8-10)25-19(30)13-9-16(29)26-18-17(13)20(31)28-21(27-18)24-12-5-3-11(23)4-6-12/h2-8,13H,9H2,1H3,(H,25,30)(H3,24,26,27,28,29,31)/t13-/m0/s1. The molecule has 0 bridgehead atoms. The lowest BCUT2D eigenvalue weighted by Crippen LogP contribution is -2.36. The number of aromatic amines is 1. The summed E-state index contributed by atoms with van der Waals surface area (Å²) in [6.07, 6.45) is -0.211. The van der Waals surface area contributed by atoms with Gasteiger partial charge in [0.2, 0.25) is 17.8 Å². The highest BCUT2D eigenvalue weighted by molar-refractivity contribution is 6.33. The number of halogens is 2. The zero-order valence-electron chi connectivity index (χ0n) is 16.3. The predicted molar refractivity (Wildman–Crippen MR) is 115 cm³/mol. The first-order chi connectivity index (χ1) is 14.8. The molecule has 8 nitrogen and oxygen atoms in total. The van der Waals surface area contributed by atoms with Gasteiger partial charge in [-0.1, -0.05) is 17.7 Å². The average molecular weight is 442 g/mol. The number of carbonyl (C=O) groups is 2. The van der Waals surface area contributed by atoms with Gasteiger partial charge in [-0.2, -0.15) is 4.98 Å². The van der Waals surface area contributed by atoms with Crippen molar-refractivity contribution in [3.05, 3.63) is 74.8 Å². The summed E-state index contributed by atoms with van der Waals surface area (Å²) in [4.78, 5) is 44.6. The molecule has 0 saturated carbocycles. The van der Waals surface area contributed by atoms with Gasteiger partial charge >= 0.3 is 0 Å². The van der Waals surface area contributed by atoms with E-state index in [0.29, 0.717) is 16.4 Å². The van der Waals surface area contributed by atoms with Crippen molar-refractivity contribution in [2.24, 2.45) is 0 Å². The number of aryl methyl sites for hydroxylation is 1. The number of carbonyl (C=O) groups excluding carboxylic acids is 2. The Labute approximate surface area is 180 Å². The molecular weight excluding hydrogens is 425 g/mol. The fourth-order valence-electron chi connectivity index (χ4n) is 3.27. The van der Waals surface area contributed by atoms with Crippen LogP contribution < -0.4 is 21.5 Å². The molecule has 2 heterocycles. The Morgan fingerprint density at radius 2 is 1.94 bits per heavy atom. The molecule has 0 unspecified atom stereocenters. The molecule has 10 heteroatoms. The van der Waals surface area contributed by atoms with Crippen LogP contribution in [0.3, 0.4) is 0 Å². The number of amides is 2. The summed E-state index contributed by atoms with van der Waals surface area (Å²) in [5.74, 6) is -2.43. The fourth-order valence-corrected chi connectivity index (χ4v) is 3.55. The number of nitrogens with zero attached hydrogens (tertiary/aromatic N) is 1. The average Bonchev–Trinajstić information content (AvgIpc) is 2.71. The van der Waals surface area contributed by atoms with Crippen LogP contribution in [0, 0.1) is 12.7 Å². The molecular formula is C21H17ClFN5O3. The van der Waals surface area contributed by atoms with Crippen molar-refractivity contribution in [3.8, 4) is 0 Å². The van der Waals surface area contributed by atoms with Crippen LogP contribution in [0.2, 0.25) is 5.02 Å². The third-order valence-corrected chi connectivity index (χ3v) is 5.07. The molecule has 2 aromatic carbocycles. The smallest absolute Gasteiger partial charge is 0.258 e. The van der Waals surface area contributed by atoms with Crippen molar-refractivity contribution < 1.29 is 14.0 Å². The van der Waals surface area contributed by atoms with E-state index in [0.717, 1.165) is 5.56 Å². The molecule has 158 valence electrons. The Morgan fingerprint density at radius 3 is 2.65 bits per heavy atom. The Morgan fingerprint density at radius 1 is 1.19 bits per heavy atom. The molecule has 1 aromatic heterocycles. The quantitative estimate of drug-likeness (QED) is 0.493. The van der Waals surface area contributed by atoms with Crippen LogP contribution in [0.15, 0.2) is 47.3 Å². The number of aromatic nitrogens is 2. The Hall–Kier alpha value is -3.72. The second kappa shape index (κ2) is 8.19. The molecule has 31 heavy (non-hydrogen) atoms. The van der Waals surface area contributed by atoms with Gasteiger partial charge in [0.05, 0.1) is 22.2 Å². The molecule has 0 fully saturated rings. The molecule has 0 aliphatic carbocycles. The van der Waals surface area contributed by atoms with Gasteiger partial charge in [-0.25, -0.2) is 4.39 Å². The van der Waals surface area contributed by atoms with Crippen LogP contribution in [-0.4, -0.2) is 21.8 Å². The highest BCUT2D eigenvalue weighted by Gasteiger charge is 2.35. The molecule has 0 spiro atoms. The van der Waals surface area contributed by atoms with E-state index in [-0.39, 0.29) is 23.8 Å². The molecule has 1 aliphatic rings. The zero-order valence-corrected chi connectivity index (χ0v) is 17.0. The first-order valence-electron chi connectivity index (χ1n) is 9.34. The van der Waals surface area contributed by atoms with Gasteiger partial charge in [0.15, 0.2) is 0 Å². The van der Waals surface area contributed by atoms with Crippen LogP contribution in [-0.2, 0) is 9.59 Å². The van der Waals surface area contributed by atoms with E-state index in [1.807, 2.05) is 6.92 Å². The summed E-state index contributed by atoms with van der Waals surface area (Å²) in [7, 11) is 0. The number of anilines is 4. The number of hydrogen-bond acceptors (Lipinski definition) is 5. The van der Waals surface area contributed by atoms with Crippen molar-refractivity contribution in [3.63, 3.8) is 0 Å². The van der Waals surface area contributed by atoms with Gasteiger partial charge in [-0.3, -0.25) is 19.4 Å². The fraction of sp³-hybridized carbons (Fsp3) is 0.143. The van der Waals surface area contributed by atoms with Crippen LogP contribution in [0.25, 0.3) is 0 Å². The van der Waals surface area contributed by atoms with Gasteiger partial charge in [-0.15, -0.1) is 0 Å². The summed E-state index contributed by atoms with van der Waals surface area (Å²) in [5, 5.41) is 8.38. The minimum Gasteiger partial charge on any atom is -0.326 e. The van der Waals surface area contributed by atoms with Crippen LogP contribution in [0.4, 0.5) is 27.5 Å². The van der Waals surface area contributed by atoms with Gasteiger partial charge in [0, 0.05) is 12.1 Å². The SMILES string of the molecule is Cc1ccc(NC(=O)[C@H]2CC(=O)Nc3nc(Nc4ccc(F)cc4)[nH]c(=O)c32)c(Cl)c1. The predicted octanol–water partition coefficient (Wildman–Crippen LogP) is 3.68. The van der Waals surface area contributed by atoms with E-state index >= 15 is 0 Å². The Bertz CT molecular complexity index is 1240. The lowest BCUT2D eigenvalue weighted by atomic mass is 9.92. The van der Waals surface area contributed by atoms with Crippen molar-refractivity contribution in [1.82, 2.24) is 9.97 Å². The molecule has 1 aliphatic heterocycles. The number of H-pyrrole nitrogens is 1. The van der Waals surface area contributed by atoms with Gasteiger partial charge < -0.3 is 16.0 Å². The first kappa shape index (κ1) is 20.5. The monoisotopic (exact) mass is 441 g/mol. The van der Waals surface area contributed by atoms with E-state index in [4.69, 9.17) is 11.6 Å². The zero-order chi connectivity index (χ0) is 22.1. The lowest BCUT2D eigenvalue weighted by Gasteiger charge is -2.24. The third-order valence-electron chi connectivity index (χ3n) is 4.76. The van der Waals surface area contributed by atoms with Crippen molar-refractivity contribution in [1.29, 1.82) is 0 Å². The van der Waals surface area contributed by atoms with Crippen LogP contribution in [0.1, 0.15) is 23.5 Å². The van der Waals surface area contributed by atoms with E-state index in [1.54, 1.807) is 18.2 Å². The minimum atomic E-state index is -1.04.